The van der Waals surface area contributed by atoms with Crippen LogP contribution < -0.4 is 5.32 Å². The number of nitrogens with zero attached hydrogens (tertiary/aromatic N) is 2. The third-order valence-electron chi connectivity index (χ3n) is 3.66. The lowest BCUT2D eigenvalue weighted by Crippen LogP contribution is -2.46. The summed E-state index contributed by atoms with van der Waals surface area (Å²) in [5.74, 6) is -0.228. The van der Waals surface area contributed by atoms with Crippen molar-refractivity contribution in [3.8, 4) is 0 Å². The minimum atomic E-state index is -0.676. The Morgan fingerprint density at radius 1 is 1.17 bits per heavy atom. The Morgan fingerprint density at radius 2 is 1.83 bits per heavy atom. The van der Waals surface area contributed by atoms with Gasteiger partial charge in [-0.25, -0.2) is 0 Å². The molecule has 0 saturated carbocycles. The number of hydrogen-bond donors (Lipinski definition) is 3. The Hall–Kier alpha value is -1.40. The van der Waals surface area contributed by atoms with E-state index in [4.69, 9.17) is 5.11 Å². The summed E-state index contributed by atoms with van der Waals surface area (Å²) < 4.78 is 1.74. The van der Waals surface area contributed by atoms with Crippen LogP contribution in [0, 0.1) is 0 Å². The van der Waals surface area contributed by atoms with Gasteiger partial charge >= 0.3 is 0 Å². The minimum absolute atomic E-state index is 0.129. The van der Waals surface area contributed by atoms with E-state index in [-0.39, 0.29) is 24.5 Å². The van der Waals surface area contributed by atoms with Gasteiger partial charge in [-0.15, -0.1) is 0 Å². The molecule has 1 rings (SSSR count). The van der Waals surface area contributed by atoms with Crippen molar-refractivity contribution in [2.24, 2.45) is 0 Å². The quantitative estimate of drug-likeness (QED) is 0.637. The molecule has 0 saturated heterocycles. The summed E-state index contributed by atoms with van der Waals surface area (Å²) in [4.78, 5) is 12.5. The van der Waals surface area contributed by atoms with Crippen LogP contribution in [0.4, 0.5) is 0 Å². The molecule has 0 aliphatic rings. The first-order valence-electron chi connectivity index (χ1n) is 8.23. The molecule has 6 nitrogen and oxygen atoms in total. The van der Waals surface area contributed by atoms with E-state index in [1.165, 1.54) is 0 Å². The summed E-state index contributed by atoms with van der Waals surface area (Å²) in [7, 11) is 0. The highest BCUT2D eigenvalue weighted by Gasteiger charge is 2.26. The van der Waals surface area contributed by atoms with E-state index >= 15 is 0 Å². The highest BCUT2D eigenvalue weighted by Crippen LogP contribution is 2.22. The predicted molar refractivity (Wildman–Crippen MR) is 90.5 cm³/mol. The van der Waals surface area contributed by atoms with E-state index in [1.807, 2.05) is 6.07 Å². The summed E-state index contributed by atoms with van der Waals surface area (Å²) in [5, 5.41) is 25.6. The van der Waals surface area contributed by atoms with Crippen molar-refractivity contribution in [3.05, 3.63) is 17.5 Å². The molecule has 0 aliphatic heterocycles. The molecule has 0 spiro atoms. The largest absolute Gasteiger partial charge is 0.396 e. The number of nitrogens with one attached hydrogen (secondary N) is 1. The van der Waals surface area contributed by atoms with Crippen molar-refractivity contribution in [1.29, 1.82) is 0 Å². The number of aliphatic hydroxyl groups is 2. The fourth-order valence-corrected chi connectivity index (χ4v) is 2.10. The maximum Gasteiger partial charge on any atom is 0.270 e. The lowest BCUT2D eigenvalue weighted by Gasteiger charge is -2.23. The van der Waals surface area contributed by atoms with Crippen LogP contribution in [0.25, 0.3) is 0 Å². The van der Waals surface area contributed by atoms with E-state index in [9.17, 15) is 9.90 Å². The van der Waals surface area contributed by atoms with Gasteiger partial charge in [0, 0.05) is 18.6 Å². The van der Waals surface area contributed by atoms with E-state index in [2.05, 4.69) is 31.2 Å². The number of rotatable bonds is 8. The van der Waals surface area contributed by atoms with Gasteiger partial charge in [-0.05, 0) is 39.2 Å². The van der Waals surface area contributed by atoms with Crippen molar-refractivity contribution < 1.29 is 15.0 Å². The average Bonchev–Trinajstić information content (AvgIpc) is 2.87. The lowest BCUT2D eigenvalue weighted by atomic mass is 9.92. The minimum Gasteiger partial charge on any atom is -0.396 e. The van der Waals surface area contributed by atoms with Crippen molar-refractivity contribution in [3.63, 3.8) is 0 Å². The molecule has 0 fully saturated rings. The zero-order chi connectivity index (χ0) is 17.7. The number of aryl methyl sites for hydroxylation is 1. The van der Waals surface area contributed by atoms with Crippen LogP contribution in [0.5, 0.6) is 0 Å². The molecule has 1 aromatic rings. The average molecular weight is 325 g/mol. The maximum atomic E-state index is 12.5. The number of unbranched alkanes of at least 4 members (excludes halogenated alkanes) is 2. The monoisotopic (exact) mass is 325 g/mol. The normalized spacial score (nSPS) is 12.5. The number of carbonyl (C=O) groups is 1. The zero-order valence-electron chi connectivity index (χ0n) is 15.0. The number of amides is 1. The van der Waals surface area contributed by atoms with Gasteiger partial charge < -0.3 is 15.5 Å². The second-order valence-electron chi connectivity index (χ2n) is 7.67. The van der Waals surface area contributed by atoms with Crippen LogP contribution in [-0.4, -0.2) is 44.7 Å². The topological polar surface area (TPSA) is 87.4 Å². The first kappa shape index (κ1) is 19.6. The molecule has 6 heteroatoms. The van der Waals surface area contributed by atoms with Gasteiger partial charge in [-0.3, -0.25) is 9.48 Å². The van der Waals surface area contributed by atoms with Crippen LogP contribution >= 0.6 is 0 Å². The summed E-state index contributed by atoms with van der Waals surface area (Å²) in [5.41, 5.74) is 0.565. The van der Waals surface area contributed by atoms with Gasteiger partial charge in [0.1, 0.15) is 5.69 Å². The molecular formula is C17H31N3O3. The third-order valence-corrected chi connectivity index (χ3v) is 3.66. The standard InChI is InChI=1S/C17H31N3O3/c1-16(2,3)14-11-13(15(23)18-17(4,5)12-22)20(19-14)9-7-6-8-10-21/h11,21-22H,6-10,12H2,1-5H3,(H,18,23). The van der Waals surface area contributed by atoms with E-state index < -0.39 is 5.54 Å². The second kappa shape index (κ2) is 7.93. The third kappa shape index (κ3) is 5.95. The van der Waals surface area contributed by atoms with Gasteiger partial charge in [0.05, 0.1) is 17.8 Å². The first-order chi connectivity index (χ1) is 10.6. The summed E-state index contributed by atoms with van der Waals surface area (Å²) in [6, 6.07) is 1.83. The van der Waals surface area contributed by atoms with Gasteiger partial charge in [-0.1, -0.05) is 20.8 Å². The second-order valence-corrected chi connectivity index (χ2v) is 7.67. The lowest BCUT2D eigenvalue weighted by molar-refractivity contribution is 0.0858. The number of hydrogen-bond acceptors (Lipinski definition) is 4. The van der Waals surface area contributed by atoms with Crippen LogP contribution in [-0.2, 0) is 12.0 Å². The van der Waals surface area contributed by atoms with Crippen LogP contribution in [0.1, 0.15) is 70.1 Å². The Kier molecular flexibility index (Phi) is 6.77. The van der Waals surface area contributed by atoms with Crippen LogP contribution in [0.15, 0.2) is 6.07 Å². The van der Waals surface area contributed by atoms with E-state index in [1.54, 1.807) is 18.5 Å². The zero-order valence-corrected chi connectivity index (χ0v) is 15.0. The van der Waals surface area contributed by atoms with Gasteiger partial charge in [0.25, 0.3) is 5.91 Å². The molecule has 0 bridgehead atoms. The predicted octanol–water partition coefficient (Wildman–Crippen LogP) is 1.84. The van der Waals surface area contributed by atoms with Gasteiger partial charge in [0.15, 0.2) is 0 Å². The molecule has 0 radical (unpaired) electrons. The van der Waals surface area contributed by atoms with E-state index in [0.29, 0.717) is 12.2 Å². The summed E-state index contributed by atoms with van der Waals surface area (Å²) in [6.45, 7) is 10.4. The summed E-state index contributed by atoms with van der Waals surface area (Å²) in [6.07, 6.45) is 2.51. The van der Waals surface area contributed by atoms with Gasteiger partial charge in [-0.2, -0.15) is 5.10 Å². The van der Waals surface area contributed by atoms with Crippen molar-refractivity contribution >= 4 is 5.91 Å². The molecule has 0 unspecified atom stereocenters. The van der Waals surface area contributed by atoms with Crippen LogP contribution in [0.2, 0.25) is 0 Å². The van der Waals surface area contributed by atoms with E-state index in [0.717, 1.165) is 25.0 Å². The molecule has 3 N–H and O–H groups in total. The smallest absolute Gasteiger partial charge is 0.270 e. The fourth-order valence-electron chi connectivity index (χ4n) is 2.10. The Bertz CT molecular complexity index is 516. The number of aliphatic hydroxyl groups excluding tert-OH is 2. The molecule has 132 valence electrons. The Balaban J connectivity index is 2.98. The highest BCUT2D eigenvalue weighted by molar-refractivity contribution is 5.93. The molecular weight excluding hydrogens is 294 g/mol. The fraction of sp³-hybridized carbons (Fsp3) is 0.765. The first-order valence-corrected chi connectivity index (χ1v) is 8.23. The molecule has 1 aromatic heterocycles. The molecule has 0 aromatic carbocycles. The Labute approximate surface area is 138 Å². The Morgan fingerprint density at radius 3 is 2.35 bits per heavy atom. The summed E-state index contributed by atoms with van der Waals surface area (Å²) >= 11 is 0. The van der Waals surface area contributed by atoms with Crippen molar-refractivity contribution in [1.82, 2.24) is 15.1 Å². The van der Waals surface area contributed by atoms with Crippen molar-refractivity contribution in [2.45, 2.75) is 71.4 Å². The molecule has 23 heavy (non-hydrogen) atoms. The molecule has 0 aliphatic carbocycles. The van der Waals surface area contributed by atoms with Crippen molar-refractivity contribution in [2.75, 3.05) is 13.2 Å². The number of carbonyl (C=O) groups excluding carboxylic acids is 1. The molecule has 1 heterocycles. The highest BCUT2D eigenvalue weighted by atomic mass is 16.3. The van der Waals surface area contributed by atoms with Crippen LogP contribution in [0.3, 0.4) is 0 Å². The number of aromatic nitrogens is 2. The molecule has 0 atom stereocenters. The van der Waals surface area contributed by atoms with Gasteiger partial charge in [0.2, 0.25) is 0 Å². The SMILES string of the molecule is CC(C)(CO)NC(=O)c1cc(C(C)(C)C)nn1CCCCCO. The molecule has 1 amide bonds. The maximum absolute atomic E-state index is 12.5.